The van der Waals surface area contributed by atoms with Crippen LogP contribution < -0.4 is 5.32 Å². The third kappa shape index (κ3) is 4.94. The SMILES string of the molecule is Cc1nn(C)c(C)c1C=CC(=O)Nc1ccc(S(=O)(=O)N2CCCCCC2)cc1. The highest BCUT2D eigenvalue weighted by Gasteiger charge is 2.24. The molecule has 1 saturated heterocycles. The quantitative estimate of drug-likeness (QED) is 0.759. The zero-order valence-corrected chi connectivity index (χ0v) is 18.0. The Morgan fingerprint density at radius 3 is 2.24 bits per heavy atom. The van der Waals surface area contributed by atoms with Crippen LogP contribution in [0.15, 0.2) is 35.2 Å². The summed E-state index contributed by atoms with van der Waals surface area (Å²) in [5, 5.41) is 7.09. The van der Waals surface area contributed by atoms with E-state index in [1.807, 2.05) is 20.9 Å². The van der Waals surface area contributed by atoms with Gasteiger partial charge in [-0.05, 0) is 57.0 Å². The fourth-order valence-corrected chi connectivity index (χ4v) is 5.03. The third-order valence-electron chi connectivity index (χ3n) is 5.29. The Morgan fingerprint density at radius 1 is 1.07 bits per heavy atom. The van der Waals surface area contributed by atoms with Crippen LogP contribution in [0.2, 0.25) is 0 Å². The van der Waals surface area contributed by atoms with Crippen molar-refractivity contribution in [2.24, 2.45) is 7.05 Å². The molecule has 0 aliphatic carbocycles. The zero-order chi connectivity index (χ0) is 21.0. The van der Waals surface area contributed by atoms with Gasteiger partial charge in [-0.15, -0.1) is 0 Å². The lowest BCUT2D eigenvalue weighted by Gasteiger charge is -2.20. The van der Waals surface area contributed by atoms with Gasteiger partial charge >= 0.3 is 0 Å². The predicted molar refractivity (Wildman–Crippen MR) is 114 cm³/mol. The van der Waals surface area contributed by atoms with E-state index >= 15 is 0 Å². The van der Waals surface area contributed by atoms with Gasteiger partial charge in [0.05, 0.1) is 10.6 Å². The first-order valence-corrected chi connectivity index (χ1v) is 11.3. The van der Waals surface area contributed by atoms with Gasteiger partial charge < -0.3 is 5.32 Å². The molecule has 156 valence electrons. The fraction of sp³-hybridized carbons (Fsp3) is 0.429. The number of aryl methyl sites for hydroxylation is 2. The second-order valence-corrected chi connectivity index (χ2v) is 9.31. The molecule has 1 aliphatic heterocycles. The van der Waals surface area contributed by atoms with Gasteiger partial charge in [0.15, 0.2) is 0 Å². The molecule has 1 N–H and O–H groups in total. The average Bonchev–Trinajstić information content (AvgIpc) is 2.89. The molecule has 0 bridgehead atoms. The lowest BCUT2D eigenvalue weighted by molar-refractivity contribution is -0.111. The number of carbonyl (C=O) groups excluding carboxylic acids is 1. The van der Waals surface area contributed by atoms with Crippen LogP contribution in [0.5, 0.6) is 0 Å². The predicted octanol–water partition coefficient (Wildman–Crippen LogP) is 3.25. The van der Waals surface area contributed by atoms with Gasteiger partial charge in [0.2, 0.25) is 15.9 Å². The number of sulfonamides is 1. The molecule has 2 aromatic rings. The summed E-state index contributed by atoms with van der Waals surface area (Å²) in [5.41, 5.74) is 3.31. The number of nitrogens with one attached hydrogen (secondary N) is 1. The number of hydrogen-bond acceptors (Lipinski definition) is 4. The van der Waals surface area contributed by atoms with E-state index < -0.39 is 10.0 Å². The first kappa shape index (κ1) is 21.3. The summed E-state index contributed by atoms with van der Waals surface area (Å²) in [5.74, 6) is -0.282. The Morgan fingerprint density at radius 2 is 1.69 bits per heavy atom. The Hall–Kier alpha value is -2.45. The van der Waals surface area contributed by atoms with E-state index in [4.69, 9.17) is 0 Å². The van der Waals surface area contributed by atoms with Crippen LogP contribution in [0.4, 0.5) is 5.69 Å². The maximum absolute atomic E-state index is 12.8. The van der Waals surface area contributed by atoms with Crippen LogP contribution in [0.25, 0.3) is 6.08 Å². The van der Waals surface area contributed by atoms with Crippen LogP contribution in [0.1, 0.15) is 42.6 Å². The topological polar surface area (TPSA) is 84.3 Å². The number of carbonyl (C=O) groups is 1. The van der Waals surface area contributed by atoms with E-state index in [-0.39, 0.29) is 10.8 Å². The normalized spacial score (nSPS) is 16.1. The molecule has 29 heavy (non-hydrogen) atoms. The molecule has 1 aromatic heterocycles. The highest BCUT2D eigenvalue weighted by molar-refractivity contribution is 7.89. The monoisotopic (exact) mass is 416 g/mol. The van der Waals surface area contributed by atoms with E-state index in [2.05, 4.69) is 10.4 Å². The average molecular weight is 417 g/mol. The first-order valence-electron chi connectivity index (χ1n) is 9.88. The molecule has 0 atom stereocenters. The van der Waals surface area contributed by atoms with Crippen LogP contribution in [-0.2, 0) is 21.9 Å². The Labute approximate surface area is 172 Å². The standard InChI is InChI=1S/C21H28N4O3S/c1-16-20(17(2)24(3)23-16)12-13-21(26)22-18-8-10-19(11-9-18)29(27,28)25-14-6-4-5-7-15-25/h8-13H,4-7,14-15H2,1-3H3,(H,22,26). The van der Waals surface area contributed by atoms with Gasteiger partial charge in [-0.2, -0.15) is 9.40 Å². The Balaban J connectivity index is 1.67. The van der Waals surface area contributed by atoms with Gasteiger partial charge in [0.25, 0.3) is 0 Å². The minimum Gasteiger partial charge on any atom is -0.323 e. The van der Waals surface area contributed by atoms with Gasteiger partial charge in [0.1, 0.15) is 0 Å². The molecule has 3 rings (SSSR count). The molecule has 1 aliphatic rings. The van der Waals surface area contributed by atoms with E-state index in [1.165, 1.54) is 6.08 Å². The van der Waals surface area contributed by atoms with Crippen molar-refractivity contribution in [3.8, 4) is 0 Å². The molecule has 1 fully saturated rings. The maximum Gasteiger partial charge on any atom is 0.248 e. The number of aromatic nitrogens is 2. The summed E-state index contributed by atoms with van der Waals surface area (Å²) < 4.78 is 29.0. The van der Waals surface area contributed by atoms with Crippen molar-refractivity contribution in [3.63, 3.8) is 0 Å². The van der Waals surface area contributed by atoms with Crippen LogP contribution in [0, 0.1) is 13.8 Å². The molecule has 0 spiro atoms. The highest BCUT2D eigenvalue weighted by atomic mass is 32.2. The van der Waals surface area contributed by atoms with Gasteiger partial charge in [0, 0.05) is 43.2 Å². The van der Waals surface area contributed by atoms with E-state index in [9.17, 15) is 13.2 Å². The first-order chi connectivity index (χ1) is 13.8. The number of anilines is 1. The van der Waals surface area contributed by atoms with Gasteiger partial charge in [-0.3, -0.25) is 9.48 Å². The van der Waals surface area contributed by atoms with Crippen molar-refractivity contribution in [1.82, 2.24) is 14.1 Å². The summed E-state index contributed by atoms with van der Waals surface area (Å²) in [6.45, 7) is 4.98. The second-order valence-electron chi connectivity index (χ2n) is 7.37. The number of nitrogens with zero attached hydrogens (tertiary/aromatic N) is 3. The second kappa shape index (κ2) is 8.92. The molecule has 0 saturated carbocycles. The minimum atomic E-state index is -3.49. The molecule has 1 aromatic carbocycles. The van der Waals surface area contributed by atoms with Gasteiger partial charge in [-0.1, -0.05) is 12.8 Å². The van der Waals surface area contributed by atoms with Crippen LogP contribution in [0.3, 0.4) is 0 Å². The number of benzene rings is 1. The molecular formula is C21H28N4O3S. The zero-order valence-electron chi connectivity index (χ0n) is 17.2. The smallest absolute Gasteiger partial charge is 0.248 e. The van der Waals surface area contributed by atoms with Gasteiger partial charge in [-0.25, -0.2) is 8.42 Å². The lowest BCUT2D eigenvalue weighted by Crippen LogP contribution is -2.31. The largest absolute Gasteiger partial charge is 0.323 e. The maximum atomic E-state index is 12.8. The van der Waals surface area contributed by atoms with E-state index in [0.29, 0.717) is 18.8 Å². The van der Waals surface area contributed by atoms with Crippen LogP contribution >= 0.6 is 0 Å². The number of amides is 1. The summed E-state index contributed by atoms with van der Waals surface area (Å²) in [4.78, 5) is 12.5. The summed E-state index contributed by atoms with van der Waals surface area (Å²) >= 11 is 0. The summed E-state index contributed by atoms with van der Waals surface area (Å²) in [7, 11) is -1.62. The van der Waals surface area contributed by atoms with Crippen molar-refractivity contribution >= 4 is 27.7 Å². The van der Waals surface area contributed by atoms with Crippen molar-refractivity contribution in [2.75, 3.05) is 18.4 Å². The lowest BCUT2D eigenvalue weighted by atomic mass is 10.2. The molecule has 0 radical (unpaired) electrons. The third-order valence-corrected chi connectivity index (χ3v) is 7.20. The van der Waals surface area contributed by atoms with E-state index in [1.54, 1.807) is 39.3 Å². The molecule has 2 heterocycles. The molecule has 0 unspecified atom stereocenters. The highest BCUT2D eigenvalue weighted by Crippen LogP contribution is 2.22. The summed E-state index contributed by atoms with van der Waals surface area (Å²) in [6, 6.07) is 6.35. The van der Waals surface area contributed by atoms with Crippen LogP contribution in [-0.4, -0.2) is 41.5 Å². The fourth-order valence-electron chi connectivity index (χ4n) is 3.52. The molecule has 7 nitrogen and oxygen atoms in total. The molecular weight excluding hydrogens is 388 g/mol. The summed E-state index contributed by atoms with van der Waals surface area (Å²) in [6.07, 6.45) is 7.14. The van der Waals surface area contributed by atoms with Crippen molar-refractivity contribution in [2.45, 2.75) is 44.4 Å². The molecule has 1 amide bonds. The molecule has 8 heteroatoms. The van der Waals surface area contributed by atoms with E-state index in [0.717, 1.165) is 42.6 Å². The Bertz CT molecular complexity index is 999. The van der Waals surface area contributed by atoms with Crippen molar-refractivity contribution < 1.29 is 13.2 Å². The minimum absolute atomic E-state index is 0.259. The number of rotatable bonds is 5. The Kier molecular flexibility index (Phi) is 6.54. The van der Waals surface area contributed by atoms with Crippen molar-refractivity contribution in [3.05, 3.63) is 47.3 Å². The van der Waals surface area contributed by atoms with Crippen molar-refractivity contribution in [1.29, 1.82) is 0 Å². The number of hydrogen-bond donors (Lipinski definition) is 1.